The van der Waals surface area contributed by atoms with Crippen LogP contribution in [0.3, 0.4) is 0 Å². The number of halogens is 1. The van der Waals surface area contributed by atoms with E-state index in [-0.39, 0.29) is 30.5 Å². The number of aromatic nitrogens is 2. The molecule has 1 amide bonds. The highest BCUT2D eigenvalue weighted by Crippen LogP contribution is 2.47. The van der Waals surface area contributed by atoms with E-state index in [4.69, 9.17) is 18.5 Å². The summed E-state index contributed by atoms with van der Waals surface area (Å²) in [5, 5.41) is 15.8. The molecule has 15 heteroatoms. The van der Waals surface area contributed by atoms with E-state index in [1.54, 1.807) is 18.2 Å². The van der Waals surface area contributed by atoms with Gasteiger partial charge in [0, 0.05) is 12.6 Å². The average Bonchev–Trinajstić information content (AvgIpc) is 3.14. The van der Waals surface area contributed by atoms with Crippen LogP contribution in [0, 0.1) is 0 Å². The quantitative estimate of drug-likeness (QED) is 0.345. The van der Waals surface area contributed by atoms with E-state index in [1.165, 1.54) is 31.3 Å². The number of amides is 1. The number of aliphatic hydroxyl groups is 1. The summed E-state index contributed by atoms with van der Waals surface area (Å²) in [5.41, 5.74) is -3.41. The summed E-state index contributed by atoms with van der Waals surface area (Å²) in [4.78, 5) is 41.4. The lowest BCUT2D eigenvalue weighted by Crippen LogP contribution is -2.43. The maximum atomic E-state index is 15.7. The maximum absolute atomic E-state index is 15.7. The molecule has 4 bridgehead atoms. The van der Waals surface area contributed by atoms with E-state index < -0.39 is 56.2 Å². The van der Waals surface area contributed by atoms with Gasteiger partial charge in [0.25, 0.3) is 0 Å². The lowest BCUT2D eigenvalue weighted by atomic mass is 9.98. The number of alkyl halides is 1. The molecule has 2 aromatic rings. The number of fused-ring (bicyclic) bond motifs is 16. The third kappa shape index (κ3) is 7.77. The fourth-order valence-electron chi connectivity index (χ4n) is 4.43. The third-order valence-corrected chi connectivity index (χ3v) is 8.34. The van der Waals surface area contributed by atoms with Gasteiger partial charge in [-0.3, -0.25) is 18.7 Å². The van der Waals surface area contributed by atoms with Crippen molar-refractivity contribution in [1.82, 2.24) is 14.6 Å². The summed E-state index contributed by atoms with van der Waals surface area (Å²) in [6.07, 6.45) is -0.940. The summed E-state index contributed by atoms with van der Waals surface area (Å²) < 4.78 is 52.4. The number of hydrogen-bond donors (Lipinski definition) is 3. The SMILES string of the molecule is CC1NP(=O)(Oc2ccccc2)OCC2OC(n3ccc(nc3=O)NC(=O)CCCCCCOC1=O)C(C)(F)C2O. The van der Waals surface area contributed by atoms with Crippen LogP contribution in [0.1, 0.15) is 52.2 Å². The first-order valence-electron chi connectivity index (χ1n) is 13.3. The molecule has 0 aliphatic carbocycles. The number of nitrogens with one attached hydrogen (secondary N) is 2. The molecule has 0 spiro atoms. The Balaban J connectivity index is 1.60. The van der Waals surface area contributed by atoms with Gasteiger partial charge >= 0.3 is 19.4 Å². The van der Waals surface area contributed by atoms with Gasteiger partial charge in [0.1, 0.15) is 29.8 Å². The zero-order valence-corrected chi connectivity index (χ0v) is 23.6. The molecule has 4 heterocycles. The van der Waals surface area contributed by atoms with E-state index >= 15 is 4.39 Å². The van der Waals surface area contributed by atoms with Gasteiger partial charge in [-0.2, -0.15) is 10.1 Å². The van der Waals surface area contributed by atoms with Crippen molar-refractivity contribution >= 4 is 25.4 Å². The Morgan fingerprint density at radius 3 is 2.61 bits per heavy atom. The van der Waals surface area contributed by atoms with Crippen LogP contribution in [0.4, 0.5) is 10.2 Å². The van der Waals surface area contributed by atoms with Gasteiger partial charge in [-0.15, -0.1) is 0 Å². The number of para-hydroxylation sites is 1. The van der Waals surface area contributed by atoms with Crippen molar-refractivity contribution < 1.29 is 42.2 Å². The highest BCUT2D eigenvalue weighted by molar-refractivity contribution is 7.52. The number of rotatable bonds is 2. The zero-order chi connectivity index (χ0) is 29.6. The molecular formula is C26H34FN4O9P. The maximum Gasteiger partial charge on any atom is 0.459 e. The predicted molar refractivity (Wildman–Crippen MR) is 144 cm³/mol. The summed E-state index contributed by atoms with van der Waals surface area (Å²) in [6, 6.07) is 8.25. The van der Waals surface area contributed by atoms with E-state index in [0.29, 0.717) is 25.7 Å². The second-order valence-electron chi connectivity index (χ2n) is 10.1. The number of anilines is 1. The number of carbonyl (C=O) groups excluding carboxylic acids is 2. The van der Waals surface area contributed by atoms with Crippen molar-refractivity contribution in [3.05, 3.63) is 53.1 Å². The first kappa shape index (κ1) is 30.8. The van der Waals surface area contributed by atoms with E-state index in [0.717, 1.165) is 11.5 Å². The van der Waals surface area contributed by atoms with Crippen LogP contribution in [-0.4, -0.2) is 63.7 Å². The summed E-state index contributed by atoms with van der Waals surface area (Å²) >= 11 is 0. The normalized spacial score (nSPS) is 32.3. The molecule has 1 fully saturated rings. The van der Waals surface area contributed by atoms with Gasteiger partial charge < -0.3 is 24.4 Å². The number of benzene rings is 1. The van der Waals surface area contributed by atoms with E-state index in [9.17, 15) is 24.1 Å². The van der Waals surface area contributed by atoms with Crippen LogP contribution < -0.4 is 20.6 Å². The second kappa shape index (κ2) is 13.2. The Kier molecular flexibility index (Phi) is 9.92. The van der Waals surface area contributed by atoms with Crippen LogP contribution in [0.5, 0.6) is 5.75 Å². The van der Waals surface area contributed by atoms with Gasteiger partial charge in [0.2, 0.25) is 5.91 Å². The molecule has 1 aromatic carbocycles. The Morgan fingerprint density at radius 2 is 1.88 bits per heavy atom. The molecule has 13 nitrogen and oxygen atoms in total. The fraction of sp³-hybridized carbons (Fsp3) is 0.538. The highest BCUT2D eigenvalue weighted by Gasteiger charge is 2.56. The molecule has 0 saturated carbocycles. The van der Waals surface area contributed by atoms with Crippen molar-refractivity contribution in [2.75, 3.05) is 18.5 Å². The number of ether oxygens (including phenoxy) is 2. The highest BCUT2D eigenvalue weighted by atomic mass is 31.2. The minimum atomic E-state index is -4.32. The van der Waals surface area contributed by atoms with Crippen molar-refractivity contribution in [3.8, 4) is 5.75 Å². The lowest BCUT2D eigenvalue weighted by molar-refractivity contribution is -0.145. The predicted octanol–water partition coefficient (Wildman–Crippen LogP) is 2.86. The van der Waals surface area contributed by atoms with Crippen LogP contribution in [0.15, 0.2) is 47.4 Å². The Morgan fingerprint density at radius 1 is 1.15 bits per heavy atom. The minimum Gasteiger partial charge on any atom is -0.465 e. The van der Waals surface area contributed by atoms with Gasteiger partial charge in [-0.05, 0) is 44.9 Å². The number of esters is 1. The van der Waals surface area contributed by atoms with Crippen molar-refractivity contribution in [3.63, 3.8) is 0 Å². The fourth-order valence-corrected chi connectivity index (χ4v) is 5.93. The summed E-state index contributed by atoms with van der Waals surface area (Å²) in [6.45, 7) is 1.94. The molecule has 3 N–H and O–H groups in total. The zero-order valence-electron chi connectivity index (χ0n) is 22.7. The summed E-state index contributed by atoms with van der Waals surface area (Å²) in [5.74, 6) is -0.888. The topological polar surface area (TPSA) is 167 Å². The van der Waals surface area contributed by atoms with Crippen molar-refractivity contribution in [2.45, 2.75) is 76.1 Å². The van der Waals surface area contributed by atoms with Crippen LogP contribution >= 0.6 is 7.75 Å². The molecule has 1 aromatic heterocycles. The molecule has 224 valence electrons. The van der Waals surface area contributed by atoms with Crippen LogP contribution in [0.2, 0.25) is 0 Å². The lowest BCUT2D eigenvalue weighted by Gasteiger charge is -2.25. The molecule has 6 atom stereocenters. The largest absolute Gasteiger partial charge is 0.465 e. The Labute approximate surface area is 235 Å². The molecule has 1 saturated heterocycles. The molecule has 3 aliphatic heterocycles. The Bertz CT molecular complexity index is 1330. The molecule has 0 radical (unpaired) electrons. The van der Waals surface area contributed by atoms with E-state index in [2.05, 4.69) is 15.4 Å². The van der Waals surface area contributed by atoms with Crippen molar-refractivity contribution in [1.29, 1.82) is 0 Å². The van der Waals surface area contributed by atoms with E-state index in [1.807, 2.05) is 0 Å². The van der Waals surface area contributed by atoms with Crippen LogP contribution in [-0.2, 0) is 28.2 Å². The van der Waals surface area contributed by atoms with Gasteiger partial charge in [-0.1, -0.05) is 31.0 Å². The standard InChI is InChI=1S/C26H34FN4O9P/c1-17-23(34)37-15-9-4-3-8-12-21(32)28-20-13-14-31(25(35)29-20)24-26(2,27)22(33)19(39-24)16-38-41(36,30-17)40-18-10-6-5-7-11-18/h5-7,10-11,13-14,17,19,22,24,33H,3-4,8-9,12,15-16H2,1-2H3,(H,30,36)(H,28,29,32,35). The smallest absolute Gasteiger partial charge is 0.459 e. The number of nitrogens with zero attached hydrogens (tertiary/aromatic N) is 2. The van der Waals surface area contributed by atoms with Gasteiger partial charge in [-0.25, -0.2) is 13.8 Å². The first-order chi connectivity index (χ1) is 19.5. The van der Waals surface area contributed by atoms with Crippen molar-refractivity contribution in [2.24, 2.45) is 0 Å². The molecule has 3 aliphatic rings. The number of carbonyl (C=O) groups is 2. The number of hydrogen-bond acceptors (Lipinski definition) is 10. The summed E-state index contributed by atoms with van der Waals surface area (Å²) in [7, 11) is -4.32. The Hall–Kier alpha value is -3.16. The minimum absolute atomic E-state index is 0.0107. The first-order valence-corrected chi connectivity index (χ1v) is 14.9. The van der Waals surface area contributed by atoms with Gasteiger partial charge in [0.05, 0.1) is 13.2 Å². The molecular weight excluding hydrogens is 562 g/mol. The molecule has 41 heavy (non-hydrogen) atoms. The van der Waals surface area contributed by atoms with Crippen LogP contribution in [0.25, 0.3) is 0 Å². The number of aliphatic hydroxyl groups excluding tert-OH is 1. The average molecular weight is 597 g/mol. The second-order valence-corrected chi connectivity index (χ2v) is 11.7. The third-order valence-electron chi connectivity index (χ3n) is 6.69. The van der Waals surface area contributed by atoms with Gasteiger partial charge in [0.15, 0.2) is 11.9 Å². The molecule has 5 rings (SSSR count). The molecule has 6 unspecified atom stereocenters. The monoisotopic (exact) mass is 596 g/mol.